The summed E-state index contributed by atoms with van der Waals surface area (Å²) in [7, 11) is 3.65. The Hall–Kier alpha value is -7.06. The molecule has 0 radical (unpaired) electrons. The van der Waals surface area contributed by atoms with Gasteiger partial charge in [-0.15, -0.1) is 0 Å². The van der Waals surface area contributed by atoms with Gasteiger partial charge in [0.15, 0.2) is 5.92 Å². The SMILES string of the molecule is COCCOC(=O)N1C(=O)[C@@]2(c3cc(C#CCC(C(=O)OC)C(=O)OC)ccc31)[C@H](c1ccc(OCCO)cc1)N1[C@H](c3ccccc3)[C@H](c3ccccc3)OC(=O)[C@H]1[C@@H]2C(=O)O. The number of nitrogens with zero attached hydrogens (tertiary/aromatic N) is 2. The lowest BCUT2D eigenvalue weighted by Gasteiger charge is -2.46. The number of rotatable bonds is 13. The minimum atomic E-state index is -2.27. The third-order valence-electron chi connectivity index (χ3n) is 11.5. The number of fused-ring (bicyclic) bond motifs is 3. The van der Waals surface area contributed by atoms with Crippen molar-refractivity contribution in [1.29, 1.82) is 0 Å². The van der Waals surface area contributed by atoms with E-state index in [4.69, 9.17) is 28.4 Å². The molecule has 3 aliphatic rings. The van der Waals surface area contributed by atoms with E-state index >= 15 is 4.79 Å². The first-order valence-corrected chi connectivity index (χ1v) is 20.0. The van der Waals surface area contributed by atoms with Gasteiger partial charge in [-0.3, -0.25) is 28.9 Å². The van der Waals surface area contributed by atoms with Crippen LogP contribution in [0.5, 0.6) is 5.75 Å². The zero-order chi connectivity index (χ0) is 44.8. The maximum absolute atomic E-state index is 15.8. The number of carboxylic acid groups (broad SMARTS) is 1. The smallest absolute Gasteiger partial charge is 0.421 e. The van der Waals surface area contributed by atoms with E-state index in [0.717, 1.165) is 19.1 Å². The average molecular weight is 861 g/mol. The zero-order valence-corrected chi connectivity index (χ0v) is 34.5. The van der Waals surface area contributed by atoms with Crippen LogP contribution in [0.25, 0.3) is 0 Å². The minimum absolute atomic E-state index is 0.00909. The van der Waals surface area contributed by atoms with Crippen molar-refractivity contribution < 1.29 is 67.4 Å². The van der Waals surface area contributed by atoms with Gasteiger partial charge >= 0.3 is 30.0 Å². The Morgan fingerprint density at radius 3 is 2.05 bits per heavy atom. The number of hydrogen-bond acceptors (Lipinski definition) is 14. The maximum atomic E-state index is 15.8. The highest BCUT2D eigenvalue weighted by Crippen LogP contribution is 2.66. The molecule has 6 atom stereocenters. The van der Waals surface area contributed by atoms with Gasteiger partial charge in [-0.1, -0.05) is 84.6 Å². The van der Waals surface area contributed by atoms with Crippen LogP contribution in [0.2, 0.25) is 0 Å². The van der Waals surface area contributed by atoms with Gasteiger partial charge in [-0.05, 0) is 52.6 Å². The summed E-state index contributed by atoms with van der Waals surface area (Å²) >= 11 is 0. The number of cyclic esters (lactones) is 1. The number of benzene rings is 4. The number of imide groups is 1. The number of methoxy groups -OCH3 is 3. The van der Waals surface area contributed by atoms with E-state index in [1.54, 1.807) is 65.6 Å². The van der Waals surface area contributed by atoms with Crippen LogP contribution in [0.4, 0.5) is 10.5 Å². The summed E-state index contributed by atoms with van der Waals surface area (Å²) in [5.74, 6) is -2.33. The molecule has 4 aromatic carbocycles. The third-order valence-corrected chi connectivity index (χ3v) is 11.5. The lowest BCUT2D eigenvalue weighted by molar-refractivity contribution is -0.179. The lowest BCUT2D eigenvalue weighted by atomic mass is 9.65. The number of ether oxygens (including phenoxy) is 6. The molecule has 16 heteroatoms. The van der Waals surface area contributed by atoms with E-state index < -0.39 is 77.4 Å². The Bertz CT molecular complexity index is 2420. The fraction of sp³-hybridized carbons (Fsp3) is 0.319. The topological polar surface area (TPSA) is 205 Å². The highest BCUT2D eigenvalue weighted by atomic mass is 16.6. The fourth-order valence-corrected chi connectivity index (χ4v) is 8.93. The van der Waals surface area contributed by atoms with Gasteiger partial charge < -0.3 is 38.6 Å². The molecule has 1 spiro atoms. The first-order valence-electron chi connectivity index (χ1n) is 20.0. The van der Waals surface area contributed by atoms with Crippen LogP contribution in [-0.2, 0) is 53.1 Å². The van der Waals surface area contributed by atoms with Crippen LogP contribution in [0.3, 0.4) is 0 Å². The summed E-state index contributed by atoms with van der Waals surface area (Å²) in [4.78, 5) is 86.3. The third kappa shape index (κ3) is 7.98. The van der Waals surface area contributed by atoms with Crippen molar-refractivity contribution in [3.05, 3.63) is 131 Å². The first-order chi connectivity index (χ1) is 30.5. The van der Waals surface area contributed by atoms with E-state index in [0.29, 0.717) is 22.4 Å². The molecule has 0 unspecified atom stereocenters. The Labute approximate surface area is 362 Å². The number of amides is 2. The van der Waals surface area contributed by atoms with Gasteiger partial charge in [-0.2, -0.15) is 0 Å². The number of anilines is 1. The van der Waals surface area contributed by atoms with Crippen molar-refractivity contribution >= 4 is 41.6 Å². The Morgan fingerprint density at radius 1 is 0.794 bits per heavy atom. The summed E-state index contributed by atoms with van der Waals surface area (Å²) < 4.78 is 32.1. The molecule has 0 aliphatic carbocycles. The molecule has 0 saturated carbocycles. The van der Waals surface area contributed by atoms with Crippen LogP contribution in [0, 0.1) is 23.7 Å². The molecular formula is C47H44N2O14. The summed E-state index contributed by atoms with van der Waals surface area (Å²) in [6.07, 6.45) is -2.43. The van der Waals surface area contributed by atoms with Gasteiger partial charge in [0.2, 0.25) is 5.91 Å². The molecule has 3 heterocycles. The Morgan fingerprint density at radius 2 is 1.44 bits per heavy atom. The average Bonchev–Trinajstić information content (AvgIpc) is 3.76. The van der Waals surface area contributed by atoms with E-state index in [2.05, 4.69) is 11.8 Å². The molecule has 63 heavy (non-hydrogen) atoms. The van der Waals surface area contributed by atoms with Gasteiger partial charge in [0.25, 0.3) is 0 Å². The molecule has 0 aromatic heterocycles. The fourth-order valence-electron chi connectivity index (χ4n) is 8.93. The number of carbonyl (C=O) groups is 6. The molecule has 16 nitrogen and oxygen atoms in total. The predicted molar refractivity (Wildman–Crippen MR) is 221 cm³/mol. The van der Waals surface area contributed by atoms with E-state index in [1.807, 2.05) is 24.3 Å². The molecule has 326 valence electrons. The van der Waals surface area contributed by atoms with Crippen LogP contribution in [-0.4, -0.2) is 105 Å². The number of carbonyl (C=O) groups excluding carboxylic acids is 5. The second-order valence-corrected chi connectivity index (χ2v) is 14.8. The molecule has 4 aromatic rings. The molecule has 3 aliphatic heterocycles. The molecule has 2 fully saturated rings. The predicted octanol–water partition coefficient (Wildman–Crippen LogP) is 4.29. The van der Waals surface area contributed by atoms with Crippen molar-refractivity contribution in [3.63, 3.8) is 0 Å². The highest BCUT2D eigenvalue weighted by molar-refractivity contribution is 6.23. The van der Waals surface area contributed by atoms with Crippen LogP contribution < -0.4 is 9.64 Å². The quantitative estimate of drug-likeness (QED) is 0.0633. The monoisotopic (exact) mass is 860 g/mol. The zero-order valence-electron chi connectivity index (χ0n) is 34.5. The van der Waals surface area contributed by atoms with E-state index in [9.17, 15) is 34.2 Å². The second kappa shape index (κ2) is 18.9. The molecule has 2 N–H and O–H groups in total. The highest BCUT2D eigenvalue weighted by Gasteiger charge is 2.76. The van der Waals surface area contributed by atoms with Crippen molar-refractivity contribution in [2.75, 3.05) is 52.7 Å². The maximum Gasteiger partial charge on any atom is 0.421 e. The van der Waals surface area contributed by atoms with Gasteiger partial charge in [-0.25, -0.2) is 9.69 Å². The van der Waals surface area contributed by atoms with Gasteiger partial charge in [0, 0.05) is 19.1 Å². The molecule has 0 bridgehead atoms. The molecule has 2 saturated heterocycles. The Balaban J connectivity index is 1.51. The summed E-state index contributed by atoms with van der Waals surface area (Å²) in [5.41, 5.74) is -0.392. The van der Waals surface area contributed by atoms with Crippen molar-refractivity contribution in [2.24, 2.45) is 11.8 Å². The van der Waals surface area contributed by atoms with Crippen LogP contribution in [0.15, 0.2) is 103 Å². The van der Waals surface area contributed by atoms with Crippen molar-refractivity contribution in [2.45, 2.75) is 36.1 Å². The normalized spacial score (nSPS) is 22.4. The van der Waals surface area contributed by atoms with Crippen molar-refractivity contribution in [1.82, 2.24) is 4.90 Å². The number of hydrogen-bond donors (Lipinski definition) is 2. The number of carboxylic acids is 1. The van der Waals surface area contributed by atoms with Crippen LogP contribution >= 0.6 is 0 Å². The molecular weight excluding hydrogens is 817 g/mol. The van der Waals surface area contributed by atoms with Gasteiger partial charge in [0.1, 0.15) is 42.4 Å². The number of aliphatic carboxylic acids is 1. The molecule has 2 amide bonds. The second-order valence-electron chi connectivity index (χ2n) is 14.8. The summed E-state index contributed by atoms with van der Waals surface area (Å²) in [6.45, 7) is -0.531. The first kappa shape index (κ1) is 44.0. The number of morpholine rings is 1. The summed E-state index contributed by atoms with van der Waals surface area (Å²) in [5, 5.41) is 21.0. The molecule has 7 rings (SSSR count). The standard InChI is InChI=1S/C47H44N2O14/c1-58-25-26-62-46(57)48-35-22-17-28(11-10-16-33(42(53)59-2)43(54)60-3)27-34(35)47(45(48)56)36(41(51)52)38-44(55)63-39(30-14-8-5-9-15-30)37(29-12-6-4-7-13-29)49(38)40(47)31-18-20-32(21-19-31)61-24-23-50/h4-9,12-15,17-22,27,33,36-40,50H,16,23-26H2,1-3H3,(H,51,52)/t36-,37-,38-,39+,40+,47-/m1/s1. The Kier molecular flexibility index (Phi) is 13.2. The lowest BCUT2D eigenvalue weighted by Crippen LogP contribution is -2.53. The van der Waals surface area contributed by atoms with E-state index in [-0.39, 0.29) is 49.7 Å². The largest absolute Gasteiger partial charge is 0.491 e. The number of aliphatic hydroxyl groups excluding tert-OH is 1. The van der Waals surface area contributed by atoms with Gasteiger partial charge in [0.05, 0.1) is 45.2 Å². The minimum Gasteiger partial charge on any atom is -0.491 e. The van der Waals surface area contributed by atoms with E-state index in [1.165, 1.54) is 25.3 Å². The van der Waals surface area contributed by atoms with Crippen molar-refractivity contribution in [3.8, 4) is 17.6 Å². The number of esters is 3. The van der Waals surface area contributed by atoms with Crippen LogP contribution in [0.1, 0.15) is 52.4 Å². The number of aliphatic hydroxyl groups is 1. The summed E-state index contributed by atoms with van der Waals surface area (Å²) in [6, 6.07) is 25.1.